The number of aromatic nitrogens is 3. The molecule has 2 aromatic carbocycles. The van der Waals surface area contributed by atoms with Crippen LogP contribution in [0.2, 0.25) is 0 Å². The predicted octanol–water partition coefficient (Wildman–Crippen LogP) is 4.30. The molecule has 0 aliphatic carbocycles. The predicted molar refractivity (Wildman–Crippen MR) is 95.8 cm³/mol. The molecule has 0 bridgehead atoms. The van der Waals surface area contributed by atoms with Gasteiger partial charge in [-0.1, -0.05) is 47.6 Å². The fourth-order valence-electron chi connectivity index (χ4n) is 2.80. The lowest BCUT2D eigenvalue weighted by Gasteiger charge is -2.01. The Morgan fingerprint density at radius 3 is 2.65 bits per heavy atom. The van der Waals surface area contributed by atoms with Gasteiger partial charge in [0.05, 0.1) is 13.5 Å². The van der Waals surface area contributed by atoms with E-state index in [4.69, 9.17) is 13.7 Å². The highest BCUT2D eigenvalue weighted by atomic mass is 16.5. The Bertz CT molecular complexity index is 1020. The zero-order valence-corrected chi connectivity index (χ0v) is 14.5. The zero-order valence-electron chi connectivity index (χ0n) is 14.5. The van der Waals surface area contributed by atoms with Gasteiger partial charge in [-0.3, -0.25) is 0 Å². The summed E-state index contributed by atoms with van der Waals surface area (Å²) < 4.78 is 16.5. The largest absolute Gasteiger partial charge is 0.497 e. The maximum absolute atomic E-state index is 5.89. The van der Waals surface area contributed by atoms with Crippen molar-refractivity contribution in [2.24, 2.45) is 0 Å². The van der Waals surface area contributed by atoms with Crippen molar-refractivity contribution in [2.75, 3.05) is 7.11 Å². The smallest absolute Gasteiger partial charge is 0.253 e. The van der Waals surface area contributed by atoms with Crippen molar-refractivity contribution in [3.05, 3.63) is 71.8 Å². The molecule has 0 atom stereocenters. The van der Waals surface area contributed by atoms with Gasteiger partial charge in [0.1, 0.15) is 22.8 Å². The molecule has 6 heteroatoms. The summed E-state index contributed by atoms with van der Waals surface area (Å²) in [6, 6.07) is 17.6. The highest BCUT2D eigenvalue weighted by Crippen LogP contribution is 2.33. The van der Waals surface area contributed by atoms with Crippen molar-refractivity contribution in [1.82, 2.24) is 15.4 Å². The summed E-state index contributed by atoms with van der Waals surface area (Å²) in [5, 5.41) is 12.5. The van der Waals surface area contributed by atoms with Crippen molar-refractivity contribution < 1.29 is 13.7 Å². The fraction of sp³-hybridized carbons (Fsp3) is 0.150. The van der Waals surface area contributed by atoms with Crippen molar-refractivity contribution >= 4 is 0 Å². The van der Waals surface area contributed by atoms with E-state index in [9.17, 15) is 0 Å². The first-order valence-electron chi connectivity index (χ1n) is 8.22. The summed E-state index contributed by atoms with van der Waals surface area (Å²) in [5.41, 5.74) is 3.39. The van der Waals surface area contributed by atoms with E-state index in [1.165, 1.54) is 0 Å². The van der Waals surface area contributed by atoms with Gasteiger partial charge in [-0.05, 0) is 24.6 Å². The highest BCUT2D eigenvalue weighted by Gasteiger charge is 2.21. The van der Waals surface area contributed by atoms with E-state index in [-0.39, 0.29) is 0 Å². The van der Waals surface area contributed by atoms with E-state index in [1.807, 2.05) is 61.5 Å². The monoisotopic (exact) mass is 347 g/mol. The second-order valence-electron chi connectivity index (χ2n) is 5.86. The standard InChI is InChI=1S/C20H17N3O3/c1-13-18(19(23-26-13)15-8-4-3-5-9-15)20-22-21-17(25-20)12-14-7-6-10-16(11-14)24-2/h3-11H,12H2,1-2H3. The topological polar surface area (TPSA) is 74.2 Å². The number of nitrogens with zero attached hydrogens (tertiary/aromatic N) is 3. The minimum absolute atomic E-state index is 0.403. The first-order chi connectivity index (χ1) is 12.7. The van der Waals surface area contributed by atoms with E-state index in [0.717, 1.165) is 22.4 Å². The molecule has 0 fully saturated rings. The molecule has 6 nitrogen and oxygen atoms in total. The summed E-state index contributed by atoms with van der Waals surface area (Å²) in [6.45, 7) is 1.83. The zero-order chi connectivity index (χ0) is 17.9. The van der Waals surface area contributed by atoms with Crippen LogP contribution in [0.25, 0.3) is 22.7 Å². The molecule has 0 unspecified atom stereocenters. The molecule has 130 valence electrons. The van der Waals surface area contributed by atoms with Crippen LogP contribution in [-0.2, 0) is 6.42 Å². The SMILES string of the molecule is COc1cccc(Cc2nnc(-c3c(-c4ccccc4)noc3C)o2)c1. The van der Waals surface area contributed by atoms with Crippen LogP contribution in [0.1, 0.15) is 17.2 Å². The summed E-state index contributed by atoms with van der Waals surface area (Å²) in [7, 11) is 1.64. The lowest BCUT2D eigenvalue weighted by Crippen LogP contribution is -1.90. The number of rotatable bonds is 5. The van der Waals surface area contributed by atoms with Gasteiger partial charge in [-0.2, -0.15) is 0 Å². The average Bonchev–Trinajstić information content (AvgIpc) is 3.29. The second kappa shape index (κ2) is 6.84. The Kier molecular flexibility index (Phi) is 4.23. The molecular weight excluding hydrogens is 330 g/mol. The second-order valence-corrected chi connectivity index (χ2v) is 5.86. The van der Waals surface area contributed by atoms with Crippen LogP contribution in [0.5, 0.6) is 5.75 Å². The van der Waals surface area contributed by atoms with Gasteiger partial charge in [0.2, 0.25) is 5.89 Å². The summed E-state index contributed by atoms with van der Waals surface area (Å²) in [6.07, 6.45) is 0.523. The summed E-state index contributed by atoms with van der Waals surface area (Å²) >= 11 is 0. The number of hydrogen-bond donors (Lipinski definition) is 0. The van der Waals surface area contributed by atoms with E-state index >= 15 is 0 Å². The Labute approximate surface area is 150 Å². The van der Waals surface area contributed by atoms with Crippen molar-refractivity contribution in [3.63, 3.8) is 0 Å². The number of methoxy groups -OCH3 is 1. The third kappa shape index (κ3) is 3.09. The Morgan fingerprint density at radius 1 is 1.00 bits per heavy atom. The number of hydrogen-bond acceptors (Lipinski definition) is 6. The van der Waals surface area contributed by atoms with Crippen LogP contribution in [0.3, 0.4) is 0 Å². The number of benzene rings is 2. The van der Waals surface area contributed by atoms with Gasteiger partial charge < -0.3 is 13.7 Å². The lowest BCUT2D eigenvalue weighted by atomic mass is 10.1. The fourth-order valence-corrected chi connectivity index (χ4v) is 2.80. The molecule has 4 rings (SSSR count). The van der Waals surface area contributed by atoms with E-state index < -0.39 is 0 Å². The minimum Gasteiger partial charge on any atom is -0.497 e. The molecule has 0 amide bonds. The van der Waals surface area contributed by atoms with Crippen LogP contribution in [0.4, 0.5) is 0 Å². The number of ether oxygens (including phenoxy) is 1. The molecule has 0 aliphatic heterocycles. The minimum atomic E-state index is 0.403. The summed E-state index contributed by atoms with van der Waals surface area (Å²) in [4.78, 5) is 0. The van der Waals surface area contributed by atoms with E-state index in [2.05, 4.69) is 15.4 Å². The average molecular weight is 347 g/mol. The molecule has 2 heterocycles. The molecular formula is C20H17N3O3. The third-order valence-corrected chi connectivity index (χ3v) is 4.08. The van der Waals surface area contributed by atoms with Crippen molar-refractivity contribution in [1.29, 1.82) is 0 Å². The third-order valence-electron chi connectivity index (χ3n) is 4.08. The molecule has 0 saturated carbocycles. The van der Waals surface area contributed by atoms with Crippen LogP contribution in [-0.4, -0.2) is 22.5 Å². The molecule has 2 aromatic heterocycles. The van der Waals surface area contributed by atoms with Crippen LogP contribution < -0.4 is 4.74 Å². The first-order valence-corrected chi connectivity index (χ1v) is 8.22. The molecule has 0 radical (unpaired) electrons. The highest BCUT2D eigenvalue weighted by molar-refractivity contribution is 5.77. The van der Waals surface area contributed by atoms with Crippen molar-refractivity contribution in [3.8, 4) is 28.5 Å². The quantitative estimate of drug-likeness (QED) is 0.536. The lowest BCUT2D eigenvalue weighted by molar-refractivity contribution is 0.399. The molecule has 26 heavy (non-hydrogen) atoms. The van der Waals surface area contributed by atoms with Gasteiger partial charge >= 0.3 is 0 Å². The van der Waals surface area contributed by atoms with Gasteiger partial charge in [0, 0.05) is 5.56 Å². The van der Waals surface area contributed by atoms with Gasteiger partial charge in [-0.25, -0.2) is 0 Å². The van der Waals surface area contributed by atoms with Crippen molar-refractivity contribution in [2.45, 2.75) is 13.3 Å². The number of aryl methyl sites for hydroxylation is 1. The van der Waals surface area contributed by atoms with Crippen LogP contribution >= 0.6 is 0 Å². The summed E-state index contributed by atoms with van der Waals surface area (Å²) in [5.74, 6) is 2.36. The van der Waals surface area contributed by atoms with Gasteiger partial charge in [0.15, 0.2) is 0 Å². The van der Waals surface area contributed by atoms with E-state index in [1.54, 1.807) is 7.11 Å². The molecule has 4 aromatic rings. The Hall–Kier alpha value is -3.41. The van der Waals surface area contributed by atoms with Gasteiger partial charge in [-0.15, -0.1) is 10.2 Å². The molecule has 0 aliphatic rings. The Balaban J connectivity index is 1.66. The molecule has 0 spiro atoms. The van der Waals surface area contributed by atoms with Crippen LogP contribution in [0, 0.1) is 6.92 Å². The first kappa shape index (κ1) is 16.1. The normalized spacial score (nSPS) is 10.8. The van der Waals surface area contributed by atoms with E-state index in [0.29, 0.717) is 29.7 Å². The maximum atomic E-state index is 5.89. The Morgan fingerprint density at radius 2 is 1.85 bits per heavy atom. The van der Waals surface area contributed by atoms with Crippen LogP contribution in [0.15, 0.2) is 63.5 Å². The molecule has 0 saturated heterocycles. The maximum Gasteiger partial charge on any atom is 0.253 e. The molecule has 0 N–H and O–H groups in total. The van der Waals surface area contributed by atoms with Gasteiger partial charge in [0.25, 0.3) is 5.89 Å².